The first-order valence-electron chi connectivity index (χ1n) is 22.5. The van der Waals surface area contributed by atoms with Gasteiger partial charge < -0.3 is 83.9 Å². The first-order valence-corrected chi connectivity index (χ1v) is 22.5. The Morgan fingerprint density at radius 1 is 0.533 bits per heavy atom. The molecule has 2 rings (SSSR count). The van der Waals surface area contributed by atoms with Gasteiger partial charge in [0.2, 0.25) is 0 Å². The zero-order chi connectivity index (χ0) is 44.5. The Morgan fingerprint density at radius 2 is 0.933 bits per heavy atom. The molecule has 0 aromatic heterocycles. The van der Waals surface area contributed by atoms with Gasteiger partial charge in [-0.3, -0.25) is 0 Å². The molecule has 5 unspecified atom stereocenters. The monoisotopic (exact) mass is 873 g/mol. The lowest BCUT2D eigenvalue weighted by molar-refractivity contribution is -0.282. The predicted octanol–water partition coefficient (Wildman–Crippen LogP) is 1.27. The molecule has 0 radical (unpaired) electrons. The van der Waals surface area contributed by atoms with Crippen LogP contribution in [0.5, 0.6) is 0 Å². The number of aliphatic hydroxyl groups excluding tert-OH is 9. The van der Waals surface area contributed by atoms with Crippen molar-refractivity contribution in [2.24, 2.45) is 23.2 Å². The van der Waals surface area contributed by atoms with E-state index >= 15 is 0 Å². The third-order valence-corrected chi connectivity index (χ3v) is 11.6. The molecule has 0 aliphatic carbocycles. The predicted molar refractivity (Wildman–Crippen MR) is 221 cm³/mol. The normalized spacial score (nSPS) is 30.1. The van der Waals surface area contributed by atoms with E-state index < -0.39 is 93.1 Å². The Kier molecular flexibility index (Phi) is 28.9. The summed E-state index contributed by atoms with van der Waals surface area (Å²) >= 11 is 0. The van der Waals surface area contributed by atoms with Crippen molar-refractivity contribution in [3.63, 3.8) is 0 Å². The highest BCUT2D eigenvalue weighted by molar-refractivity contribution is 4.88. The van der Waals surface area contributed by atoms with E-state index in [0.717, 1.165) is 70.6 Å². The Morgan fingerprint density at radius 3 is 1.32 bits per heavy atom. The maximum absolute atomic E-state index is 10.3. The van der Waals surface area contributed by atoms with Crippen LogP contribution in [-0.4, -0.2) is 193 Å². The van der Waals surface area contributed by atoms with Crippen molar-refractivity contribution in [2.45, 2.75) is 173 Å². The molecule has 60 heavy (non-hydrogen) atoms. The van der Waals surface area contributed by atoms with Gasteiger partial charge in [0.25, 0.3) is 0 Å². The molecule has 358 valence electrons. The zero-order valence-electron chi connectivity index (χ0n) is 37.1. The molecule has 2 heterocycles. The molecule has 0 aromatic carbocycles. The molecule has 17 nitrogen and oxygen atoms in total. The number of ether oxygens (including phenoxy) is 8. The van der Waals surface area contributed by atoms with Crippen molar-refractivity contribution in [3.05, 3.63) is 0 Å². The average Bonchev–Trinajstić information content (AvgIpc) is 3.24. The Labute approximate surface area is 358 Å². The SMILES string of the molecule is CC(C)[C@H](CCCCCCOCC(C)(COCCCCCO[C@@H]1OC(CO)[C@H](O)C(O)[C@@H]1C)COCCCCCO[C@@H]1OC(CO)[C@H](O)C(O)[C@@H]1C)OC(CO)[C@H](O)CO. The van der Waals surface area contributed by atoms with Gasteiger partial charge in [-0.25, -0.2) is 0 Å². The lowest BCUT2D eigenvalue weighted by atomic mass is 9.92. The first-order chi connectivity index (χ1) is 28.7. The Balaban J connectivity index is 1.73. The second-order valence-electron chi connectivity index (χ2n) is 17.6. The van der Waals surface area contributed by atoms with Crippen molar-refractivity contribution >= 4 is 0 Å². The van der Waals surface area contributed by atoms with Crippen molar-refractivity contribution < 1.29 is 83.9 Å². The fourth-order valence-electron chi connectivity index (χ4n) is 7.33. The average molecular weight is 873 g/mol. The molecule has 2 aliphatic rings. The summed E-state index contributed by atoms with van der Waals surface area (Å²) in [6, 6.07) is 0. The highest BCUT2D eigenvalue weighted by atomic mass is 16.7. The largest absolute Gasteiger partial charge is 0.394 e. The molecule has 0 aromatic rings. The van der Waals surface area contributed by atoms with Crippen LogP contribution in [0.25, 0.3) is 0 Å². The van der Waals surface area contributed by atoms with Crippen LogP contribution < -0.4 is 0 Å². The van der Waals surface area contributed by atoms with Gasteiger partial charge in [0.15, 0.2) is 12.6 Å². The van der Waals surface area contributed by atoms with Crippen molar-refractivity contribution in [1.29, 1.82) is 0 Å². The molecule has 0 saturated carbocycles. The summed E-state index contributed by atoms with van der Waals surface area (Å²) in [6.45, 7) is 12.0. The molecule has 2 fully saturated rings. The number of hydrogen-bond acceptors (Lipinski definition) is 17. The summed E-state index contributed by atoms with van der Waals surface area (Å²) in [7, 11) is 0. The van der Waals surface area contributed by atoms with Gasteiger partial charge in [-0.1, -0.05) is 53.9 Å². The molecular weight excluding hydrogens is 788 g/mol. The third-order valence-electron chi connectivity index (χ3n) is 11.6. The van der Waals surface area contributed by atoms with E-state index in [1.165, 1.54) is 0 Å². The van der Waals surface area contributed by atoms with Crippen LogP contribution in [-0.2, 0) is 37.9 Å². The van der Waals surface area contributed by atoms with E-state index in [4.69, 9.17) is 37.9 Å². The topological polar surface area (TPSA) is 256 Å². The quantitative estimate of drug-likeness (QED) is 0.0407. The Bertz CT molecular complexity index is 988. The second kappa shape index (κ2) is 31.2. The number of hydrogen-bond donors (Lipinski definition) is 9. The van der Waals surface area contributed by atoms with Crippen molar-refractivity contribution in [2.75, 3.05) is 79.3 Å². The number of unbranched alkanes of at least 4 members (excludes halogenated alkanes) is 7. The third kappa shape index (κ3) is 20.0. The van der Waals surface area contributed by atoms with Crippen LogP contribution in [0.15, 0.2) is 0 Å². The van der Waals surface area contributed by atoms with Gasteiger partial charge in [-0.15, -0.1) is 0 Å². The number of aliphatic hydroxyl groups is 9. The molecule has 0 amide bonds. The van der Waals surface area contributed by atoms with Gasteiger partial charge in [-0.2, -0.15) is 0 Å². The standard InChI is InChI=1S/C43H84O17/c1-29(2)33(58-34(23-45)32(48)22-44)16-10-6-7-11-17-53-26-43(5,27-54-18-12-8-14-20-56-41-30(3)37(49)39(51)35(24-46)59-41)28-55-19-13-9-15-21-57-42-31(4)38(50)40(52)36(25-47)60-42/h29-42,44-52H,6-28H2,1-5H3/t30-,31-,32+,33-,34?,35?,36?,37?,38?,39-,40-,41+,42+,43?/m0/s1. The fraction of sp³-hybridized carbons (Fsp3) is 1.00. The minimum atomic E-state index is -1.15. The molecule has 9 N–H and O–H groups in total. The molecule has 2 aliphatic heterocycles. The van der Waals surface area contributed by atoms with E-state index in [1.54, 1.807) is 13.8 Å². The smallest absolute Gasteiger partial charge is 0.163 e. The summed E-state index contributed by atoms with van der Waals surface area (Å²) < 4.78 is 47.3. The molecule has 0 bridgehead atoms. The van der Waals surface area contributed by atoms with E-state index in [0.29, 0.717) is 52.9 Å². The minimum absolute atomic E-state index is 0.125. The van der Waals surface area contributed by atoms with Gasteiger partial charge in [0.05, 0.1) is 64.6 Å². The number of rotatable bonds is 35. The van der Waals surface area contributed by atoms with Gasteiger partial charge in [0, 0.05) is 50.3 Å². The highest BCUT2D eigenvalue weighted by Gasteiger charge is 2.43. The van der Waals surface area contributed by atoms with Crippen LogP contribution in [0, 0.1) is 23.2 Å². The second-order valence-corrected chi connectivity index (χ2v) is 17.6. The molecule has 0 spiro atoms. The first kappa shape index (κ1) is 55.5. The molecular formula is C43H84O17. The maximum Gasteiger partial charge on any atom is 0.163 e. The maximum atomic E-state index is 10.3. The van der Waals surface area contributed by atoms with Gasteiger partial charge in [0.1, 0.15) is 36.6 Å². The van der Waals surface area contributed by atoms with Gasteiger partial charge >= 0.3 is 0 Å². The fourth-order valence-corrected chi connectivity index (χ4v) is 7.33. The van der Waals surface area contributed by atoms with E-state index in [1.807, 2.05) is 13.8 Å². The minimum Gasteiger partial charge on any atom is -0.394 e. The van der Waals surface area contributed by atoms with Crippen LogP contribution in [0.1, 0.15) is 105 Å². The van der Waals surface area contributed by atoms with E-state index in [9.17, 15) is 46.0 Å². The lowest BCUT2D eigenvalue weighted by Crippen LogP contribution is -2.55. The van der Waals surface area contributed by atoms with Crippen LogP contribution in [0.4, 0.5) is 0 Å². The van der Waals surface area contributed by atoms with Crippen LogP contribution in [0.2, 0.25) is 0 Å². The van der Waals surface area contributed by atoms with Crippen molar-refractivity contribution in [3.8, 4) is 0 Å². The van der Waals surface area contributed by atoms with E-state index in [-0.39, 0.29) is 24.0 Å². The molecule has 2 saturated heterocycles. The van der Waals surface area contributed by atoms with Crippen molar-refractivity contribution in [1.82, 2.24) is 0 Å². The Hall–Kier alpha value is -0.680. The van der Waals surface area contributed by atoms with Crippen LogP contribution in [0.3, 0.4) is 0 Å². The van der Waals surface area contributed by atoms with Crippen LogP contribution >= 0.6 is 0 Å². The molecule has 13 atom stereocenters. The molecule has 17 heteroatoms. The zero-order valence-corrected chi connectivity index (χ0v) is 37.1. The summed E-state index contributed by atoms with van der Waals surface area (Å²) in [6.07, 6.45) is -0.110. The summed E-state index contributed by atoms with van der Waals surface area (Å²) in [5.41, 5.74) is -0.372. The van der Waals surface area contributed by atoms with E-state index in [2.05, 4.69) is 6.92 Å². The summed E-state index contributed by atoms with van der Waals surface area (Å²) in [4.78, 5) is 0. The van der Waals surface area contributed by atoms with Gasteiger partial charge in [-0.05, 0) is 57.3 Å². The summed E-state index contributed by atoms with van der Waals surface area (Å²) in [5.74, 6) is -0.647. The summed E-state index contributed by atoms with van der Waals surface area (Å²) in [5, 5.41) is 88.3. The highest BCUT2D eigenvalue weighted by Crippen LogP contribution is 2.28. The lowest BCUT2D eigenvalue weighted by Gasteiger charge is -2.40.